The molecule has 3 aromatic carbocycles. The van der Waals surface area contributed by atoms with E-state index >= 15 is 0 Å². The van der Waals surface area contributed by atoms with Crippen LogP contribution in [-0.4, -0.2) is 24.7 Å². The van der Waals surface area contributed by atoms with Gasteiger partial charge in [0.15, 0.2) is 5.60 Å². The highest BCUT2D eigenvalue weighted by molar-refractivity contribution is 5.79. The maximum atomic E-state index is 12.0. The predicted molar refractivity (Wildman–Crippen MR) is 132 cm³/mol. The second-order valence-electron chi connectivity index (χ2n) is 8.07. The summed E-state index contributed by atoms with van der Waals surface area (Å²) < 4.78 is 10.9. The van der Waals surface area contributed by atoms with Crippen molar-refractivity contribution in [3.8, 4) is 16.9 Å². The summed E-state index contributed by atoms with van der Waals surface area (Å²) in [5, 5.41) is 3.39. The number of carbonyl (C=O) groups excluding carboxylic acids is 1. The first-order valence-corrected chi connectivity index (χ1v) is 10.9. The standard InChI is InChI=1S/C28H31NO3/c1-5-31-27(30)28(3,4)32-26-17-15-25(16-18-26)29-20-19-21(2)22-11-13-24(14-12-22)23-9-7-6-8-10-23/h6-19,29H,5,20H2,1-4H3. The Labute approximate surface area is 190 Å². The van der Waals surface area contributed by atoms with Crippen LogP contribution in [0.5, 0.6) is 5.75 Å². The van der Waals surface area contributed by atoms with Crippen LogP contribution in [0.25, 0.3) is 16.7 Å². The summed E-state index contributed by atoms with van der Waals surface area (Å²) in [5.41, 5.74) is 4.81. The molecule has 4 heteroatoms. The first-order valence-electron chi connectivity index (χ1n) is 10.9. The molecule has 0 radical (unpaired) electrons. The Hall–Kier alpha value is -3.53. The van der Waals surface area contributed by atoms with Crippen LogP contribution in [0.1, 0.15) is 33.3 Å². The van der Waals surface area contributed by atoms with E-state index in [0.29, 0.717) is 18.9 Å². The number of hydrogen-bond acceptors (Lipinski definition) is 4. The first-order chi connectivity index (χ1) is 15.4. The lowest BCUT2D eigenvalue weighted by atomic mass is 10.0. The molecule has 0 aliphatic carbocycles. The summed E-state index contributed by atoms with van der Waals surface area (Å²) in [4.78, 5) is 12.0. The number of ether oxygens (including phenoxy) is 2. The minimum absolute atomic E-state index is 0.332. The van der Waals surface area contributed by atoms with Crippen LogP contribution in [0.2, 0.25) is 0 Å². The highest BCUT2D eigenvalue weighted by Crippen LogP contribution is 2.23. The molecule has 0 fully saturated rings. The second-order valence-corrected chi connectivity index (χ2v) is 8.07. The van der Waals surface area contributed by atoms with E-state index < -0.39 is 5.60 Å². The largest absolute Gasteiger partial charge is 0.476 e. The molecule has 0 aliphatic heterocycles. The van der Waals surface area contributed by atoms with Gasteiger partial charge in [0.25, 0.3) is 0 Å². The zero-order valence-electron chi connectivity index (χ0n) is 19.2. The SMILES string of the molecule is CCOC(=O)C(C)(C)Oc1ccc(NCC=C(C)c2ccc(-c3ccccc3)cc2)cc1. The Bertz CT molecular complexity index is 1040. The van der Waals surface area contributed by atoms with Gasteiger partial charge in [-0.25, -0.2) is 4.79 Å². The Kier molecular flexibility index (Phi) is 7.72. The summed E-state index contributed by atoms with van der Waals surface area (Å²) in [6.07, 6.45) is 2.17. The number of hydrogen-bond donors (Lipinski definition) is 1. The van der Waals surface area contributed by atoms with Gasteiger partial charge in [-0.05, 0) is 74.2 Å². The molecule has 0 heterocycles. The fraction of sp³-hybridized carbons (Fsp3) is 0.250. The summed E-state index contributed by atoms with van der Waals surface area (Å²) >= 11 is 0. The van der Waals surface area contributed by atoms with Crippen molar-refractivity contribution in [2.75, 3.05) is 18.5 Å². The maximum absolute atomic E-state index is 12.0. The van der Waals surface area contributed by atoms with E-state index in [-0.39, 0.29) is 5.97 Å². The van der Waals surface area contributed by atoms with Crippen molar-refractivity contribution in [2.24, 2.45) is 0 Å². The number of anilines is 1. The molecule has 32 heavy (non-hydrogen) atoms. The Balaban J connectivity index is 1.54. The van der Waals surface area contributed by atoms with Gasteiger partial charge in [-0.1, -0.05) is 60.7 Å². The van der Waals surface area contributed by atoms with Crippen molar-refractivity contribution in [3.63, 3.8) is 0 Å². The van der Waals surface area contributed by atoms with Crippen LogP contribution in [0.3, 0.4) is 0 Å². The molecule has 0 aromatic heterocycles. The van der Waals surface area contributed by atoms with Gasteiger partial charge in [-0.3, -0.25) is 0 Å². The van der Waals surface area contributed by atoms with Crippen LogP contribution >= 0.6 is 0 Å². The quantitative estimate of drug-likeness (QED) is 0.390. The third-order valence-corrected chi connectivity index (χ3v) is 5.16. The van der Waals surface area contributed by atoms with Crippen molar-refractivity contribution < 1.29 is 14.3 Å². The van der Waals surface area contributed by atoms with Crippen LogP contribution in [0.15, 0.2) is 84.9 Å². The number of rotatable bonds is 9. The normalized spacial score (nSPS) is 11.7. The number of allylic oxidation sites excluding steroid dienone is 1. The topological polar surface area (TPSA) is 47.6 Å². The minimum atomic E-state index is -1.03. The highest BCUT2D eigenvalue weighted by atomic mass is 16.6. The third kappa shape index (κ3) is 6.24. The van der Waals surface area contributed by atoms with E-state index in [1.165, 1.54) is 22.3 Å². The lowest BCUT2D eigenvalue weighted by Gasteiger charge is -2.24. The van der Waals surface area contributed by atoms with E-state index in [1.807, 2.05) is 30.3 Å². The summed E-state index contributed by atoms with van der Waals surface area (Å²) in [7, 11) is 0. The van der Waals surface area contributed by atoms with E-state index in [9.17, 15) is 4.79 Å². The summed E-state index contributed by atoms with van der Waals surface area (Å²) in [6, 6.07) is 26.6. The number of esters is 1. The monoisotopic (exact) mass is 429 g/mol. The molecule has 0 aliphatic rings. The molecule has 0 saturated heterocycles. The molecule has 4 nitrogen and oxygen atoms in total. The number of nitrogens with one attached hydrogen (secondary N) is 1. The fourth-order valence-electron chi connectivity index (χ4n) is 3.28. The molecule has 0 saturated carbocycles. The van der Waals surface area contributed by atoms with Gasteiger partial charge in [-0.15, -0.1) is 0 Å². The van der Waals surface area contributed by atoms with Gasteiger partial charge in [0.05, 0.1) is 6.61 Å². The van der Waals surface area contributed by atoms with Gasteiger partial charge >= 0.3 is 5.97 Å². The second kappa shape index (κ2) is 10.7. The smallest absolute Gasteiger partial charge is 0.349 e. The van der Waals surface area contributed by atoms with Crippen molar-refractivity contribution in [1.82, 2.24) is 0 Å². The average Bonchev–Trinajstić information content (AvgIpc) is 2.81. The summed E-state index contributed by atoms with van der Waals surface area (Å²) in [5.74, 6) is 0.249. The molecule has 0 amide bonds. The van der Waals surface area contributed by atoms with Gasteiger partial charge < -0.3 is 14.8 Å². The lowest BCUT2D eigenvalue weighted by molar-refractivity contribution is -0.158. The van der Waals surface area contributed by atoms with Crippen molar-refractivity contribution in [3.05, 3.63) is 90.5 Å². The zero-order chi connectivity index (χ0) is 23.0. The van der Waals surface area contributed by atoms with E-state index in [1.54, 1.807) is 20.8 Å². The van der Waals surface area contributed by atoms with Gasteiger partial charge in [0, 0.05) is 12.2 Å². The fourth-order valence-corrected chi connectivity index (χ4v) is 3.28. The molecule has 0 unspecified atom stereocenters. The Morgan fingerprint density at radius 3 is 2.16 bits per heavy atom. The maximum Gasteiger partial charge on any atom is 0.349 e. The Morgan fingerprint density at radius 1 is 0.906 bits per heavy atom. The molecule has 3 rings (SSSR count). The first kappa shape index (κ1) is 23.1. The van der Waals surface area contributed by atoms with Crippen LogP contribution < -0.4 is 10.1 Å². The van der Waals surface area contributed by atoms with Crippen LogP contribution in [0, 0.1) is 0 Å². The Morgan fingerprint density at radius 2 is 1.53 bits per heavy atom. The van der Waals surface area contributed by atoms with Gasteiger partial charge in [0.1, 0.15) is 5.75 Å². The third-order valence-electron chi connectivity index (χ3n) is 5.16. The molecule has 3 aromatic rings. The minimum Gasteiger partial charge on any atom is -0.476 e. The van der Waals surface area contributed by atoms with Crippen molar-refractivity contribution in [2.45, 2.75) is 33.3 Å². The molecule has 0 spiro atoms. The molecule has 0 atom stereocenters. The lowest BCUT2D eigenvalue weighted by Crippen LogP contribution is -2.39. The molecule has 1 N–H and O–H groups in total. The molecular weight excluding hydrogens is 398 g/mol. The van der Waals surface area contributed by atoms with Crippen LogP contribution in [-0.2, 0) is 9.53 Å². The highest BCUT2D eigenvalue weighted by Gasteiger charge is 2.31. The van der Waals surface area contributed by atoms with E-state index in [2.05, 4.69) is 66.8 Å². The van der Waals surface area contributed by atoms with E-state index in [0.717, 1.165) is 5.69 Å². The average molecular weight is 430 g/mol. The molecule has 166 valence electrons. The summed E-state index contributed by atoms with van der Waals surface area (Å²) in [6.45, 7) is 8.35. The molecular formula is C28H31NO3. The number of carbonyl (C=O) groups is 1. The number of benzene rings is 3. The van der Waals surface area contributed by atoms with Crippen LogP contribution in [0.4, 0.5) is 5.69 Å². The molecule has 0 bridgehead atoms. The van der Waals surface area contributed by atoms with Crippen molar-refractivity contribution >= 4 is 17.2 Å². The van der Waals surface area contributed by atoms with Crippen molar-refractivity contribution in [1.29, 1.82) is 0 Å². The van der Waals surface area contributed by atoms with Gasteiger partial charge in [0.2, 0.25) is 0 Å². The predicted octanol–water partition coefficient (Wildman–Crippen LogP) is 6.59. The van der Waals surface area contributed by atoms with E-state index in [4.69, 9.17) is 9.47 Å². The zero-order valence-corrected chi connectivity index (χ0v) is 19.2. The van der Waals surface area contributed by atoms with Gasteiger partial charge in [-0.2, -0.15) is 0 Å².